The molecule has 1 aliphatic rings. The molecule has 12 rings (SSSR count). The van der Waals surface area contributed by atoms with Gasteiger partial charge >= 0.3 is 0 Å². The third kappa shape index (κ3) is 6.24. The Kier molecular flexibility index (Phi) is 9.00. The molecule has 0 bridgehead atoms. The Bertz CT molecular complexity index is 3630. The van der Waals surface area contributed by atoms with E-state index in [-0.39, 0.29) is 5.41 Å². The Balaban J connectivity index is 1.13. The van der Waals surface area contributed by atoms with Gasteiger partial charge < -0.3 is 9.80 Å². The molecule has 65 heavy (non-hydrogen) atoms. The summed E-state index contributed by atoms with van der Waals surface area (Å²) >= 11 is 0. The van der Waals surface area contributed by atoms with Crippen LogP contribution in [0, 0.1) is 13.8 Å². The van der Waals surface area contributed by atoms with Crippen molar-refractivity contribution in [3.63, 3.8) is 0 Å². The van der Waals surface area contributed by atoms with Crippen molar-refractivity contribution in [1.82, 2.24) is 0 Å². The molecule has 1 aliphatic carbocycles. The van der Waals surface area contributed by atoms with Crippen LogP contribution in [0.15, 0.2) is 218 Å². The van der Waals surface area contributed by atoms with Crippen molar-refractivity contribution in [2.45, 2.75) is 33.1 Å². The molecule has 0 heterocycles. The lowest BCUT2D eigenvalue weighted by Crippen LogP contribution is -2.24. The minimum absolute atomic E-state index is 0.314. The summed E-state index contributed by atoms with van der Waals surface area (Å²) in [5.74, 6) is 0. The summed E-state index contributed by atoms with van der Waals surface area (Å²) in [5, 5.41) is 9.98. The van der Waals surface area contributed by atoms with Gasteiger partial charge in [-0.25, -0.2) is 0 Å². The monoisotopic (exact) mass is 832 g/mol. The van der Waals surface area contributed by atoms with Crippen LogP contribution >= 0.6 is 0 Å². The summed E-state index contributed by atoms with van der Waals surface area (Å²) in [7, 11) is 0. The number of benzene rings is 11. The molecule has 0 aliphatic heterocycles. The van der Waals surface area contributed by atoms with E-state index >= 15 is 0 Å². The fourth-order valence-electron chi connectivity index (χ4n) is 10.7. The molecule has 2 heteroatoms. The van der Waals surface area contributed by atoms with Crippen molar-refractivity contribution in [2.75, 3.05) is 9.80 Å². The van der Waals surface area contributed by atoms with Crippen LogP contribution in [0.5, 0.6) is 0 Å². The number of anilines is 6. The number of rotatable bonds is 7. The first-order chi connectivity index (χ1) is 31.8. The van der Waals surface area contributed by atoms with E-state index in [1.807, 2.05) is 0 Å². The highest BCUT2D eigenvalue weighted by Gasteiger charge is 2.37. The smallest absolute Gasteiger partial charge is 0.0540 e. The molecular weight excluding hydrogens is 785 g/mol. The maximum absolute atomic E-state index is 2.48. The minimum Gasteiger partial charge on any atom is -0.310 e. The summed E-state index contributed by atoms with van der Waals surface area (Å²) in [6.07, 6.45) is 0. The van der Waals surface area contributed by atoms with E-state index in [9.17, 15) is 0 Å². The highest BCUT2D eigenvalue weighted by molar-refractivity contribution is 6.24. The summed E-state index contributed by atoms with van der Waals surface area (Å²) < 4.78 is 0. The van der Waals surface area contributed by atoms with E-state index < -0.39 is 0 Å². The third-order valence-corrected chi connectivity index (χ3v) is 13.9. The first-order valence-corrected chi connectivity index (χ1v) is 22.8. The largest absolute Gasteiger partial charge is 0.310 e. The van der Waals surface area contributed by atoms with Crippen molar-refractivity contribution in [3.05, 3.63) is 241 Å². The van der Waals surface area contributed by atoms with Crippen LogP contribution in [0.2, 0.25) is 0 Å². The van der Waals surface area contributed by atoms with E-state index in [1.165, 1.54) is 87.6 Å². The van der Waals surface area contributed by atoms with E-state index in [0.29, 0.717) is 0 Å². The van der Waals surface area contributed by atoms with Crippen molar-refractivity contribution >= 4 is 77.2 Å². The zero-order valence-electron chi connectivity index (χ0n) is 37.2. The number of hydrogen-bond acceptors (Lipinski definition) is 2. The van der Waals surface area contributed by atoms with Gasteiger partial charge in [0.25, 0.3) is 0 Å². The molecule has 0 atom stereocenters. The molecule has 0 radical (unpaired) electrons. The first-order valence-electron chi connectivity index (χ1n) is 22.8. The second-order valence-corrected chi connectivity index (χ2v) is 18.3. The highest BCUT2D eigenvalue weighted by atomic mass is 15.1. The lowest BCUT2D eigenvalue weighted by Gasteiger charge is -2.38. The number of nitrogens with zero attached hydrogens (tertiary/aromatic N) is 2. The molecule has 2 nitrogen and oxygen atoms in total. The normalized spacial score (nSPS) is 12.7. The Hall–Kier alpha value is -7.94. The number of fused-ring (bicyclic) bond motifs is 6. The van der Waals surface area contributed by atoms with Crippen LogP contribution < -0.4 is 9.80 Å². The van der Waals surface area contributed by atoms with Gasteiger partial charge in [0, 0.05) is 38.9 Å². The molecular formula is C63H48N2. The van der Waals surface area contributed by atoms with Crippen molar-refractivity contribution in [2.24, 2.45) is 0 Å². The molecule has 0 amide bonds. The van der Waals surface area contributed by atoms with Crippen LogP contribution in [-0.2, 0) is 5.41 Å². The molecule has 0 fully saturated rings. The van der Waals surface area contributed by atoms with Gasteiger partial charge in [-0.2, -0.15) is 0 Å². The molecule has 0 unspecified atom stereocenters. The second-order valence-electron chi connectivity index (χ2n) is 18.3. The van der Waals surface area contributed by atoms with Gasteiger partial charge in [0.1, 0.15) is 0 Å². The quantitative estimate of drug-likeness (QED) is 0.148. The van der Waals surface area contributed by atoms with Gasteiger partial charge in [0.15, 0.2) is 0 Å². The predicted octanol–water partition coefficient (Wildman–Crippen LogP) is 17.8. The molecule has 0 saturated carbocycles. The summed E-state index contributed by atoms with van der Waals surface area (Å²) in [6, 6.07) is 81.1. The topological polar surface area (TPSA) is 6.48 Å². The Morgan fingerprint density at radius 2 is 0.831 bits per heavy atom. The van der Waals surface area contributed by atoms with Crippen LogP contribution in [0.3, 0.4) is 0 Å². The van der Waals surface area contributed by atoms with Crippen molar-refractivity contribution in [3.8, 4) is 22.3 Å². The lowest BCUT2D eigenvalue weighted by molar-refractivity contribution is 0.645. The number of aryl methyl sites for hydroxylation is 2. The third-order valence-electron chi connectivity index (χ3n) is 13.9. The second kappa shape index (κ2) is 15.1. The fourth-order valence-corrected chi connectivity index (χ4v) is 10.7. The fraction of sp³-hybridized carbons (Fsp3) is 0.0794. The van der Waals surface area contributed by atoms with Gasteiger partial charge in [-0.05, 0) is 140 Å². The van der Waals surface area contributed by atoms with Crippen molar-refractivity contribution < 1.29 is 0 Å². The van der Waals surface area contributed by atoms with Gasteiger partial charge in [-0.1, -0.05) is 183 Å². The SMILES string of the molecule is Cc1ccc(N(c2ccc3c(c2)C(C)(C)c2cccc4c2c-3c(-c2ccccc2)c2ccc(N(c3ccc(C)cc3)c3cccc5ccccc35)cc24)c2cccc3ccccc23)cc1. The van der Waals surface area contributed by atoms with E-state index in [4.69, 9.17) is 0 Å². The molecule has 11 aromatic carbocycles. The van der Waals surface area contributed by atoms with E-state index in [2.05, 4.69) is 256 Å². The average Bonchev–Trinajstić information content (AvgIpc) is 3.35. The Labute approximate surface area is 381 Å². The maximum atomic E-state index is 2.48. The van der Waals surface area contributed by atoms with Crippen LogP contribution in [0.1, 0.15) is 36.1 Å². The van der Waals surface area contributed by atoms with Crippen molar-refractivity contribution in [1.29, 1.82) is 0 Å². The molecule has 0 spiro atoms. The molecule has 11 aromatic rings. The molecule has 0 saturated heterocycles. The van der Waals surface area contributed by atoms with E-state index in [0.717, 1.165) is 34.1 Å². The molecule has 310 valence electrons. The lowest BCUT2D eigenvalue weighted by atomic mass is 9.66. The maximum Gasteiger partial charge on any atom is 0.0540 e. The van der Waals surface area contributed by atoms with Gasteiger partial charge in [-0.3, -0.25) is 0 Å². The standard InChI is InChI=1S/C63H48N2/c1-41-27-31-46(32-28-41)64(58-25-12-19-43-15-8-10-21-50(43)58)48-35-37-53-55(39-48)52-23-14-24-56-61(52)62(60(53)45-17-6-5-7-18-45)54-38-36-49(40-57(54)63(56,3)4)65(47-33-29-42(2)30-34-47)59-26-13-20-44-16-9-11-22-51(44)59/h5-40H,1-4H3. The van der Waals surface area contributed by atoms with Gasteiger partial charge in [0.05, 0.1) is 11.4 Å². The molecule has 0 aromatic heterocycles. The average molecular weight is 833 g/mol. The summed E-state index contributed by atoms with van der Waals surface area (Å²) in [5.41, 5.74) is 16.8. The Morgan fingerprint density at radius 3 is 1.45 bits per heavy atom. The Morgan fingerprint density at radius 1 is 0.338 bits per heavy atom. The van der Waals surface area contributed by atoms with Gasteiger partial charge in [-0.15, -0.1) is 0 Å². The van der Waals surface area contributed by atoms with Crippen LogP contribution in [-0.4, -0.2) is 0 Å². The predicted molar refractivity (Wildman–Crippen MR) is 278 cm³/mol. The van der Waals surface area contributed by atoms with E-state index in [1.54, 1.807) is 0 Å². The summed E-state index contributed by atoms with van der Waals surface area (Å²) in [4.78, 5) is 4.89. The minimum atomic E-state index is -0.314. The number of hydrogen-bond donors (Lipinski definition) is 0. The summed E-state index contributed by atoms with van der Waals surface area (Å²) in [6.45, 7) is 9.16. The first kappa shape index (κ1) is 38.7. The zero-order chi connectivity index (χ0) is 43.8. The molecule has 0 N–H and O–H groups in total. The van der Waals surface area contributed by atoms with Gasteiger partial charge in [0.2, 0.25) is 0 Å². The highest BCUT2D eigenvalue weighted by Crippen LogP contribution is 2.56. The zero-order valence-corrected chi connectivity index (χ0v) is 37.2. The van der Waals surface area contributed by atoms with Crippen LogP contribution in [0.25, 0.3) is 65.3 Å². The van der Waals surface area contributed by atoms with Crippen LogP contribution in [0.4, 0.5) is 34.1 Å².